The molecule has 1 aliphatic heterocycles. The molecule has 3 N–H and O–H groups in total. The molecule has 20 heavy (non-hydrogen) atoms. The third-order valence-corrected chi connectivity index (χ3v) is 4.58. The van der Waals surface area contributed by atoms with Crippen molar-refractivity contribution in [3.05, 3.63) is 35.1 Å². The van der Waals surface area contributed by atoms with Crippen LogP contribution in [0.15, 0.2) is 18.2 Å². The van der Waals surface area contributed by atoms with Crippen LogP contribution in [0.25, 0.3) is 0 Å². The van der Waals surface area contributed by atoms with Crippen LogP contribution in [0, 0.1) is 12.7 Å². The molecule has 0 aliphatic carbocycles. The molecular formula is C14H19FN2O2S. The minimum Gasteiger partial charge on any atom is -0.387 e. The summed E-state index contributed by atoms with van der Waals surface area (Å²) in [6.45, 7) is 2.20. The zero-order chi connectivity index (χ0) is 14.6. The maximum absolute atomic E-state index is 13.3. The summed E-state index contributed by atoms with van der Waals surface area (Å²) in [7, 11) is 0. The van der Waals surface area contributed by atoms with E-state index in [0.29, 0.717) is 23.3 Å². The summed E-state index contributed by atoms with van der Waals surface area (Å²) in [5.41, 5.74) is 0.496. The van der Waals surface area contributed by atoms with E-state index in [4.69, 9.17) is 0 Å². The average Bonchev–Trinajstić information content (AvgIpc) is 2.85. The average molecular weight is 298 g/mol. The van der Waals surface area contributed by atoms with Gasteiger partial charge < -0.3 is 15.7 Å². The summed E-state index contributed by atoms with van der Waals surface area (Å²) in [6, 6.07) is 4.52. The molecule has 0 spiro atoms. The first-order chi connectivity index (χ1) is 9.48. The molecule has 0 radical (unpaired) electrons. The highest BCUT2D eigenvalue weighted by molar-refractivity contribution is 7.99. The second-order valence-corrected chi connectivity index (χ2v) is 6.25. The minimum atomic E-state index is -0.794. The van der Waals surface area contributed by atoms with Gasteiger partial charge in [0.15, 0.2) is 0 Å². The highest BCUT2D eigenvalue weighted by Crippen LogP contribution is 2.26. The number of benzene rings is 1. The molecule has 1 saturated heterocycles. The van der Waals surface area contributed by atoms with Crippen LogP contribution >= 0.6 is 11.8 Å². The molecule has 6 heteroatoms. The summed E-state index contributed by atoms with van der Waals surface area (Å²) in [5, 5.41) is 15.4. The Hall–Kier alpha value is -1.27. The van der Waals surface area contributed by atoms with Crippen molar-refractivity contribution >= 4 is 17.8 Å². The van der Waals surface area contributed by atoms with Gasteiger partial charge in [-0.15, -0.1) is 0 Å². The zero-order valence-electron chi connectivity index (χ0n) is 11.4. The number of aliphatic hydroxyl groups is 1. The highest BCUT2D eigenvalue weighted by atomic mass is 32.2. The number of rotatable bonds is 4. The number of thioether (sulfide) groups is 1. The van der Waals surface area contributed by atoms with Crippen molar-refractivity contribution in [2.24, 2.45) is 0 Å². The lowest BCUT2D eigenvalue weighted by Crippen LogP contribution is -2.46. The van der Waals surface area contributed by atoms with Crippen molar-refractivity contribution in [1.29, 1.82) is 0 Å². The Bertz CT molecular complexity index is 490. The molecule has 0 bridgehead atoms. The van der Waals surface area contributed by atoms with Crippen molar-refractivity contribution in [3.8, 4) is 0 Å². The number of aryl methyl sites for hydroxylation is 1. The fraction of sp³-hybridized carbons (Fsp3) is 0.500. The highest BCUT2D eigenvalue weighted by Gasteiger charge is 2.31. The van der Waals surface area contributed by atoms with Crippen LogP contribution in [-0.4, -0.2) is 34.8 Å². The van der Waals surface area contributed by atoms with E-state index in [1.165, 1.54) is 6.07 Å². The topological polar surface area (TPSA) is 61.4 Å². The number of urea groups is 1. The Kier molecular flexibility index (Phi) is 4.88. The Morgan fingerprint density at radius 1 is 1.50 bits per heavy atom. The number of hydrogen-bond donors (Lipinski definition) is 3. The van der Waals surface area contributed by atoms with Crippen LogP contribution in [0.2, 0.25) is 0 Å². The molecular weight excluding hydrogens is 279 g/mol. The monoisotopic (exact) mass is 298 g/mol. The Balaban J connectivity index is 1.76. The van der Waals surface area contributed by atoms with Gasteiger partial charge in [-0.25, -0.2) is 9.18 Å². The lowest BCUT2D eigenvalue weighted by atomic mass is 10.0. The fourth-order valence-electron chi connectivity index (χ4n) is 1.97. The fourth-order valence-corrected chi connectivity index (χ4v) is 3.27. The third kappa shape index (κ3) is 4.11. The van der Waals surface area contributed by atoms with Crippen molar-refractivity contribution in [2.45, 2.75) is 25.5 Å². The number of amides is 2. The molecule has 1 aliphatic rings. The summed E-state index contributed by atoms with van der Waals surface area (Å²) >= 11 is 1.68. The first-order valence-corrected chi connectivity index (χ1v) is 7.71. The van der Waals surface area contributed by atoms with Gasteiger partial charge in [0.25, 0.3) is 0 Å². The Morgan fingerprint density at radius 3 is 2.95 bits per heavy atom. The normalized spacial score (nSPS) is 21.8. The van der Waals surface area contributed by atoms with Crippen LogP contribution in [0.4, 0.5) is 9.18 Å². The molecule has 0 saturated carbocycles. The predicted octanol–water partition coefficient (Wildman–Crippen LogP) is 1.80. The molecule has 1 heterocycles. The van der Waals surface area contributed by atoms with Gasteiger partial charge in [0.1, 0.15) is 5.82 Å². The molecule has 1 aromatic carbocycles. The molecule has 2 rings (SSSR count). The molecule has 2 amide bonds. The largest absolute Gasteiger partial charge is 0.387 e. The number of nitrogens with one attached hydrogen (secondary N) is 2. The van der Waals surface area contributed by atoms with Gasteiger partial charge in [0, 0.05) is 18.8 Å². The zero-order valence-corrected chi connectivity index (χ0v) is 12.2. The standard InChI is InChI=1S/C14H19FN2O2S/c1-10-2-3-11(6-12(10)15)7-16-13(18)17-8-14(19)4-5-20-9-14/h2-3,6,19H,4-5,7-9H2,1H3,(H2,16,17,18). The van der Waals surface area contributed by atoms with Crippen molar-refractivity contribution in [1.82, 2.24) is 10.6 Å². The van der Waals surface area contributed by atoms with E-state index in [1.54, 1.807) is 30.8 Å². The van der Waals surface area contributed by atoms with Crippen LogP contribution in [0.5, 0.6) is 0 Å². The second kappa shape index (κ2) is 6.45. The third-order valence-electron chi connectivity index (χ3n) is 3.35. The van der Waals surface area contributed by atoms with E-state index in [1.807, 2.05) is 0 Å². The number of carbonyl (C=O) groups excluding carboxylic acids is 1. The van der Waals surface area contributed by atoms with E-state index in [9.17, 15) is 14.3 Å². The van der Waals surface area contributed by atoms with Gasteiger partial charge in [-0.2, -0.15) is 11.8 Å². The summed E-state index contributed by atoms with van der Waals surface area (Å²) < 4.78 is 13.3. The van der Waals surface area contributed by atoms with Gasteiger partial charge >= 0.3 is 6.03 Å². The predicted molar refractivity (Wildman–Crippen MR) is 78.3 cm³/mol. The molecule has 1 aromatic rings. The van der Waals surface area contributed by atoms with Gasteiger partial charge in [-0.3, -0.25) is 0 Å². The van der Waals surface area contributed by atoms with Gasteiger partial charge in [-0.1, -0.05) is 12.1 Å². The van der Waals surface area contributed by atoms with Gasteiger partial charge in [0.2, 0.25) is 0 Å². The Labute approximate surface area is 122 Å². The SMILES string of the molecule is Cc1ccc(CNC(=O)NCC2(O)CCSC2)cc1F. The molecule has 0 aromatic heterocycles. The lowest BCUT2D eigenvalue weighted by molar-refractivity contribution is 0.0700. The van der Waals surface area contributed by atoms with Crippen molar-refractivity contribution < 1.29 is 14.3 Å². The second-order valence-electron chi connectivity index (χ2n) is 5.15. The van der Waals surface area contributed by atoms with E-state index in [2.05, 4.69) is 10.6 Å². The summed E-state index contributed by atoms with van der Waals surface area (Å²) in [5.74, 6) is 1.29. The van der Waals surface area contributed by atoms with Crippen LogP contribution in [-0.2, 0) is 6.54 Å². The first kappa shape index (κ1) is 15.1. The lowest BCUT2D eigenvalue weighted by Gasteiger charge is -2.21. The first-order valence-electron chi connectivity index (χ1n) is 6.55. The van der Waals surface area contributed by atoms with Gasteiger partial charge in [-0.05, 0) is 36.3 Å². The number of hydrogen-bond acceptors (Lipinski definition) is 3. The summed E-state index contributed by atoms with van der Waals surface area (Å²) in [6.07, 6.45) is 0.696. The van der Waals surface area contributed by atoms with E-state index in [-0.39, 0.29) is 24.9 Å². The maximum atomic E-state index is 13.3. The Morgan fingerprint density at radius 2 is 2.30 bits per heavy atom. The minimum absolute atomic E-state index is 0.244. The molecule has 1 atom stereocenters. The quantitative estimate of drug-likeness (QED) is 0.794. The summed E-state index contributed by atoms with van der Waals surface area (Å²) in [4.78, 5) is 11.6. The maximum Gasteiger partial charge on any atom is 0.315 e. The molecule has 110 valence electrons. The molecule has 4 nitrogen and oxygen atoms in total. The van der Waals surface area contributed by atoms with Gasteiger partial charge in [0.05, 0.1) is 5.60 Å². The van der Waals surface area contributed by atoms with Crippen molar-refractivity contribution in [2.75, 3.05) is 18.1 Å². The van der Waals surface area contributed by atoms with Crippen LogP contribution in [0.3, 0.4) is 0 Å². The van der Waals surface area contributed by atoms with E-state index in [0.717, 1.165) is 5.75 Å². The number of halogens is 1. The van der Waals surface area contributed by atoms with Crippen molar-refractivity contribution in [3.63, 3.8) is 0 Å². The number of carbonyl (C=O) groups is 1. The molecule has 1 unspecified atom stereocenters. The van der Waals surface area contributed by atoms with E-state index < -0.39 is 5.60 Å². The smallest absolute Gasteiger partial charge is 0.315 e. The van der Waals surface area contributed by atoms with Crippen LogP contribution in [0.1, 0.15) is 17.5 Å². The van der Waals surface area contributed by atoms with E-state index >= 15 is 0 Å². The van der Waals surface area contributed by atoms with Crippen LogP contribution < -0.4 is 10.6 Å². The molecule has 1 fully saturated rings.